The second kappa shape index (κ2) is 12.7. The minimum atomic E-state index is -4.13. The highest BCUT2D eigenvalue weighted by atomic mass is 32.2. The van der Waals surface area contributed by atoms with Gasteiger partial charge in [-0.05, 0) is 50.4 Å². The lowest BCUT2D eigenvalue weighted by Gasteiger charge is -2.22. The number of carbonyl (C=O) groups excluding carboxylic acids is 1. The van der Waals surface area contributed by atoms with E-state index in [4.69, 9.17) is 31.1 Å². The number of nitrogens with zero attached hydrogens (tertiary/aromatic N) is 3. The number of aromatic nitrogens is 1. The van der Waals surface area contributed by atoms with Gasteiger partial charge in [-0.25, -0.2) is 17.8 Å². The van der Waals surface area contributed by atoms with E-state index in [9.17, 15) is 22.7 Å². The summed E-state index contributed by atoms with van der Waals surface area (Å²) < 4.78 is 72.4. The lowest BCUT2D eigenvalue weighted by molar-refractivity contribution is -0.144. The Morgan fingerprint density at radius 1 is 1.21 bits per heavy atom. The van der Waals surface area contributed by atoms with Gasteiger partial charge in [0.2, 0.25) is 11.6 Å². The first-order valence-electron chi connectivity index (χ1n) is 12.7. The summed E-state index contributed by atoms with van der Waals surface area (Å²) in [5.74, 6) is -7.14. The summed E-state index contributed by atoms with van der Waals surface area (Å²) in [6, 6.07) is 5.81. The first-order valence-corrected chi connectivity index (χ1v) is 14.4. The van der Waals surface area contributed by atoms with E-state index < -0.39 is 62.8 Å². The number of ether oxygens (including phenoxy) is 3. The highest BCUT2D eigenvalue weighted by Crippen LogP contribution is 2.40. The number of hydrogen-bond donors (Lipinski definition) is 4. The van der Waals surface area contributed by atoms with Crippen molar-refractivity contribution in [3.63, 3.8) is 0 Å². The third-order valence-electron chi connectivity index (χ3n) is 6.23. The quantitative estimate of drug-likeness (QED) is 0.140. The monoisotopic (exact) mass is 618 g/mol. The van der Waals surface area contributed by atoms with Crippen LogP contribution in [-0.2, 0) is 19.4 Å². The summed E-state index contributed by atoms with van der Waals surface area (Å²) >= 11 is 0. The maximum absolute atomic E-state index is 15.5. The maximum Gasteiger partial charge on any atom is 0.323 e. The molecule has 2 aromatic carbocycles. The van der Waals surface area contributed by atoms with Crippen LogP contribution in [0.5, 0.6) is 28.9 Å². The van der Waals surface area contributed by atoms with Crippen molar-refractivity contribution in [1.82, 2.24) is 9.88 Å². The number of esters is 1. The molecule has 1 aromatic heterocycles. The average Bonchev–Trinajstić information content (AvgIpc) is 3.38. The van der Waals surface area contributed by atoms with Crippen molar-refractivity contribution in [3.8, 4) is 28.9 Å². The van der Waals surface area contributed by atoms with Crippen molar-refractivity contribution in [3.05, 3.63) is 65.4 Å². The Kier molecular flexibility index (Phi) is 9.22. The Morgan fingerprint density at radius 2 is 1.95 bits per heavy atom. The Bertz CT molecular complexity index is 1700. The number of phenols is 1. The summed E-state index contributed by atoms with van der Waals surface area (Å²) in [5, 5.41) is 17.7. The number of nitrogens with two attached hydrogens (primary N) is 2. The van der Waals surface area contributed by atoms with Crippen molar-refractivity contribution >= 4 is 27.9 Å². The summed E-state index contributed by atoms with van der Waals surface area (Å²) in [4.78, 5) is 21.3. The molecule has 0 fully saturated rings. The summed E-state index contributed by atoms with van der Waals surface area (Å²) in [5.41, 5.74) is 11.5. The normalized spacial score (nSPS) is 15.7. The van der Waals surface area contributed by atoms with Crippen LogP contribution in [0.3, 0.4) is 0 Å². The van der Waals surface area contributed by atoms with E-state index in [0.29, 0.717) is 12.7 Å². The third kappa shape index (κ3) is 6.87. The molecule has 228 valence electrons. The Morgan fingerprint density at radius 3 is 2.60 bits per heavy atom. The molecule has 0 amide bonds. The van der Waals surface area contributed by atoms with Gasteiger partial charge in [-0.3, -0.25) is 20.1 Å². The second-order valence-corrected chi connectivity index (χ2v) is 11.4. The fourth-order valence-electron chi connectivity index (χ4n) is 4.05. The van der Waals surface area contributed by atoms with E-state index in [-0.39, 0.29) is 40.0 Å². The lowest BCUT2D eigenvalue weighted by Crippen LogP contribution is -2.38. The van der Waals surface area contributed by atoms with Crippen molar-refractivity contribution in [2.24, 2.45) is 16.5 Å². The van der Waals surface area contributed by atoms with Gasteiger partial charge in [0, 0.05) is 23.9 Å². The number of halogens is 2. The van der Waals surface area contributed by atoms with Crippen LogP contribution < -0.4 is 20.9 Å². The van der Waals surface area contributed by atoms with Crippen LogP contribution in [0.1, 0.15) is 24.2 Å². The molecule has 3 aromatic rings. The molecule has 16 heteroatoms. The average molecular weight is 619 g/mol. The largest absolute Gasteiger partial charge is 0.504 e. The van der Waals surface area contributed by atoms with Crippen LogP contribution >= 0.6 is 0 Å². The molecule has 1 aliphatic heterocycles. The van der Waals surface area contributed by atoms with E-state index in [1.54, 1.807) is 25.1 Å². The predicted octanol–water partition coefficient (Wildman–Crippen LogP) is 2.61. The molecule has 2 heterocycles. The van der Waals surface area contributed by atoms with Gasteiger partial charge in [0.05, 0.1) is 23.5 Å². The standard InChI is InChI=1S/C27H28F2N6O7S/c1-3-40-27(37)18(30)13-43(38,39)15-5-7-20(16(11-15)25-33-8-9-35(25)2)41-23-17(28)12-34-26(22(23)29)42-21-10-14(24(31)32)4-6-19(21)36/h4-8,10-12,18,25,36H,3,9,13,30H2,1-2H3,(H3,31,32). The Balaban J connectivity index is 1.72. The molecule has 2 unspecified atom stereocenters. The van der Waals surface area contributed by atoms with Crippen molar-refractivity contribution in [2.75, 3.05) is 26.0 Å². The minimum absolute atomic E-state index is 0.0234. The van der Waals surface area contributed by atoms with Crippen molar-refractivity contribution in [1.29, 1.82) is 5.41 Å². The highest BCUT2D eigenvalue weighted by Gasteiger charge is 2.30. The van der Waals surface area contributed by atoms with E-state index in [1.807, 2.05) is 0 Å². The smallest absolute Gasteiger partial charge is 0.323 e. The fourth-order valence-corrected chi connectivity index (χ4v) is 5.43. The summed E-state index contributed by atoms with van der Waals surface area (Å²) in [7, 11) is -2.44. The third-order valence-corrected chi connectivity index (χ3v) is 8.00. The number of rotatable bonds is 11. The van der Waals surface area contributed by atoms with Crippen LogP contribution in [0.2, 0.25) is 0 Å². The van der Waals surface area contributed by atoms with E-state index in [1.165, 1.54) is 30.3 Å². The number of amidine groups is 1. The van der Waals surface area contributed by atoms with Crippen LogP contribution in [0.4, 0.5) is 8.78 Å². The Labute approximate surface area is 245 Å². The van der Waals surface area contributed by atoms with Gasteiger partial charge in [-0.2, -0.15) is 4.39 Å². The molecule has 1 aliphatic rings. The molecule has 13 nitrogen and oxygen atoms in total. The molecule has 0 radical (unpaired) electrons. The number of aromatic hydroxyl groups is 1. The molecule has 0 aliphatic carbocycles. The molecule has 0 saturated carbocycles. The first-order chi connectivity index (χ1) is 20.3. The number of carbonyl (C=O) groups is 1. The van der Waals surface area contributed by atoms with E-state index >= 15 is 4.39 Å². The molecule has 0 bridgehead atoms. The molecular weight excluding hydrogens is 590 g/mol. The van der Waals surface area contributed by atoms with Crippen LogP contribution in [-0.4, -0.2) is 73.4 Å². The molecule has 2 atom stereocenters. The van der Waals surface area contributed by atoms with Gasteiger partial charge in [0.1, 0.15) is 23.8 Å². The number of nitrogens with one attached hydrogen (secondary N) is 1. The Hall–Kier alpha value is -4.67. The van der Waals surface area contributed by atoms with Crippen LogP contribution in [0.15, 0.2) is 52.5 Å². The molecular formula is C27H28F2N6O7S. The number of pyridine rings is 1. The molecule has 6 N–H and O–H groups in total. The highest BCUT2D eigenvalue weighted by molar-refractivity contribution is 7.91. The van der Waals surface area contributed by atoms with Crippen molar-refractivity contribution < 1.29 is 41.3 Å². The number of phenolic OH excluding ortho intramolecular Hbond substituents is 1. The van der Waals surface area contributed by atoms with Gasteiger partial charge in [0.25, 0.3) is 5.88 Å². The lowest BCUT2D eigenvalue weighted by atomic mass is 10.1. The first kappa shape index (κ1) is 31.3. The molecule has 43 heavy (non-hydrogen) atoms. The van der Waals surface area contributed by atoms with E-state index in [2.05, 4.69) is 9.98 Å². The van der Waals surface area contributed by atoms with Crippen LogP contribution in [0, 0.1) is 17.0 Å². The second-order valence-electron chi connectivity index (χ2n) is 9.34. The van der Waals surface area contributed by atoms with Gasteiger partial charge in [-0.1, -0.05) is 0 Å². The molecule has 0 saturated heterocycles. The van der Waals surface area contributed by atoms with Gasteiger partial charge in [0.15, 0.2) is 27.2 Å². The molecule has 4 rings (SSSR count). The van der Waals surface area contributed by atoms with Gasteiger partial charge in [-0.15, -0.1) is 0 Å². The zero-order valence-electron chi connectivity index (χ0n) is 23.0. The maximum atomic E-state index is 15.5. The summed E-state index contributed by atoms with van der Waals surface area (Å²) in [6.07, 6.45) is 1.43. The predicted molar refractivity (Wildman–Crippen MR) is 150 cm³/mol. The topological polar surface area (TPSA) is 204 Å². The number of aliphatic imine (C=N–C) groups is 1. The van der Waals surface area contributed by atoms with Gasteiger partial charge < -0.3 is 30.8 Å². The number of nitrogen functional groups attached to an aromatic ring is 1. The number of benzene rings is 2. The number of sulfone groups is 1. The zero-order valence-corrected chi connectivity index (χ0v) is 23.8. The summed E-state index contributed by atoms with van der Waals surface area (Å²) in [6.45, 7) is 1.98. The van der Waals surface area contributed by atoms with Crippen LogP contribution in [0.25, 0.3) is 0 Å². The van der Waals surface area contributed by atoms with E-state index in [0.717, 1.165) is 6.07 Å². The van der Waals surface area contributed by atoms with Crippen molar-refractivity contribution in [2.45, 2.75) is 24.0 Å². The SMILES string of the molecule is CCOC(=O)C(N)CS(=O)(=O)c1ccc(Oc2c(F)cnc(Oc3cc(C(=N)N)ccc3O)c2F)c(C2N=CCN2C)c1. The molecule has 0 spiro atoms. The van der Waals surface area contributed by atoms with Gasteiger partial charge >= 0.3 is 5.97 Å². The minimum Gasteiger partial charge on any atom is -0.504 e. The fraction of sp³-hybridized carbons (Fsp3) is 0.259. The zero-order chi connectivity index (χ0) is 31.5. The number of hydrogen-bond acceptors (Lipinski definition) is 12.